The second-order valence-electron chi connectivity index (χ2n) is 7.30. The second-order valence-corrected chi connectivity index (χ2v) is 7.30. The van der Waals surface area contributed by atoms with Gasteiger partial charge in [-0.15, -0.1) is 5.10 Å². The van der Waals surface area contributed by atoms with E-state index in [9.17, 15) is 13.6 Å². The van der Waals surface area contributed by atoms with E-state index in [-0.39, 0.29) is 17.9 Å². The summed E-state index contributed by atoms with van der Waals surface area (Å²) in [6.07, 6.45) is 3.27. The standard InChI is InChI=1S/C19H21F2N5O2/c1-11-7-13(4-6-25(11)19-24-23-12(2)28-19)18(27)26-17(3-5-22-26)14-8-15(20)10-16(21)9-14/h5,8-11,13,17H,3-4,6-7H2,1-2H3/t11-,13-,17-/m1/s1. The van der Waals surface area contributed by atoms with Crippen LogP contribution in [-0.4, -0.2) is 39.9 Å². The Kier molecular flexibility index (Phi) is 4.82. The molecule has 0 radical (unpaired) electrons. The van der Waals surface area contributed by atoms with Crippen LogP contribution in [0.2, 0.25) is 0 Å². The van der Waals surface area contributed by atoms with E-state index in [1.165, 1.54) is 17.1 Å². The van der Waals surface area contributed by atoms with Crippen LogP contribution in [0.4, 0.5) is 14.8 Å². The van der Waals surface area contributed by atoms with Crippen molar-refractivity contribution in [2.45, 2.75) is 45.2 Å². The molecule has 0 unspecified atom stereocenters. The fraction of sp³-hybridized carbons (Fsp3) is 0.474. The normalized spacial score (nSPS) is 24.8. The fourth-order valence-corrected chi connectivity index (χ4v) is 3.94. The first-order chi connectivity index (χ1) is 13.4. The number of carbonyl (C=O) groups is 1. The van der Waals surface area contributed by atoms with E-state index in [2.05, 4.69) is 15.3 Å². The van der Waals surface area contributed by atoms with Crippen LogP contribution in [0.1, 0.15) is 43.7 Å². The van der Waals surface area contributed by atoms with Gasteiger partial charge in [0.2, 0.25) is 11.8 Å². The lowest BCUT2D eigenvalue weighted by atomic mass is 9.90. The molecule has 4 rings (SSSR count). The number of nitrogens with zero attached hydrogens (tertiary/aromatic N) is 5. The highest BCUT2D eigenvalue weighted by molar-refractivity contribution is 5.82. The van der Waals surface area contributed by atoms with Crippen molar-refractivity contribution in [2.75, 3.05) is 11.4 Å². The van der Waals surface area contributed by atoms with Gasteiger partial charge in [0.15, 0.2) is 0 Å². The predicted octanol–water partition coefficient (Wildman–Crippen LogP) is 3.22. The van der Waals surface area contributed by atoms with E-state index in [1.807, 2.05) is 11.8 Å². The first-order valence-electron chi connectivity index (χ1n) is 9.30. The molecule has 9 heteroatoms. The van der Waals surface area contributed by atoms with Gasteiger partial charge in [-0.25, -0.2) is 13.8 Å². The van der Waals surface area contributed by atoms with Crippen molar-refractivity contribution in [1.82, 2.24) is 15.2 Å². The molecule has 7 nitrogen and oxygen atoms in total. The summed E-state index contributed by atoms with van der Waals surface area (Å²) in [6.45, 7) is 4.35. The van der Waals surface area contributed by atoms with Gasteiger partial charge in [-0.2, -0.15) is 5.10 Å². The lowest BCUT2D eigenvalue weighted by molar-refractivity contribution is -0.138. The maximum absolute atomic E-state index is 13.6. The Morgan fingerprint density at radius 1 is 1.21 bits per heavy atom. The SMILES string of the molecule is Cc1nnc(N2CC[C@@H](C(=O)N3N=CC[C@@H]3c3cc(F)cc(F)c3)C[C@H]2C)o1. The molecule has 148 valence electrons. The van der Waals surface area contributed by atoms with Crippen molar-refractivity contribution in [3.8, 4) is 0 Å². The molecule has 2 aliphatic rings. The molecular weight excluding hydrogens is 368 g/mol. The van der Waals surface area contributed by atoms with Gasteiger partial charge in [-0.3, -0.25) is 4.79 Å². The molecule has 1 fully saturated rings. The van der Waals surface area contributed by atoms with Crippen LogP contribution < -0.4 is 4.90 Å². The lowest BCUT2D eigenvalue weighted by Gasteiger charge is -2.37. The third kappa shape index (κ3) is 3.48. The Balaban J connectivity index is 1.47. The topological polar surface area (TPSA) is 74.8 Å². The summed E-state index contributed by atoms with van der Waals surface area (Å²) in [5, 5.41) is 13.5. The average Bonchev–Trinajstić information content (AvgIpc) is 3.29. The second kappa shape index (κ2) is 7.29. The van der Waals surface area contributed by atoms with Crippen LogP contribution in [0, 0.1) is 24.5 Å². The van der Waals surface area contributed by atoms with Gasteiger partial charge in [0.05, 0.1) is 6.04 Å². The van der Waals surface area contributed by atoms with Gasteiger partial charge in [-0.1, -0.05) is 5.10 Å². The molecule has 1 aromatic heterocycles. The van der Waals surface area contributed by atoms with Gasteiger partial charge in [0.1, 0.15) is 11.6 Å². The molecule has 2 aromatic rings. The number of piperidine rings is 1. The summed E-state index contributed by atoms with van der Waals surface area (Å²) in [7, 11) is 0. The van der Waals surface area contributed by atoms with E-state index in [4.69, 9.17) is 4.42 Å². The molecule has 0 spiro atoms. The molecule has 3 atom stereocenters. The number of carbonyl (C=O) groups excluding carboxylic acids is 1. The Morgan fingerprint density at radius 2 is 1.96 bits per heavy atom. The molecule has 0 N–H and O–H groups in total. The Bertz CT molecular complexity index is 895. The van der Waals surface area contributed by atoms with Crippen LogP contribution in [-0.2, 0) is 4.79 Å². The van der Waals surface area contributed by atoms with Crippen molar-refractivity contribution in [3.63, 3.8) is 0 Å². The molecule has 1 amide bonds. The first-order valence-corrected chi connectivity index (χ1v) is 9.30. The Morgan fingerprint density at radius 3 is 2.61 bits per heavy atom. The third-order valence-corrected chi connectivity index (χ3v) is 5.31. The number of aromatic nitrogens is 2. The highest BCUT2D eigenvalue weighted by Gasteiger charge is 2.38. The monoisotopic (exact) mass is 389 g/mol. The summed E-state index contributed by atoms with van der Waals surface area (Å²) in [6, 6.07) is 3.35. The van der Waals surface area contributed by atoms with Crippen molar-refractivity contribution < 1.29 is 18.0 Å². The smallest absolute Gasteiger partial charge is 0.318 e. The van der Waals surface area contributed by atoms with Gasteiger partial charge in [0, 0.05) is 44.1 Å². The maximum Gasteiger partial charge on any atom is 0.318 e. The van der Waals surface area contributed by atoms with E-state index < -0.39 is 17.7 Å². The minimum Gasteiger partial charge on any atom is -0.408 e. The summed E-state index contributed by atoms with van der Waals surface area (Å²) < 4.78 is 32.7. The molecule has 28 heavy (non-hydrogen) atoms. The quantitative estimate of drug-likeness (QED) is 0.806. The fourth-order valence-electron chi connectivity index (χ4n) is 3.94. The molecule has 0 saturated carbocycles. The molecule has 1 aromatic carbocycles. The number of hydrazone groups is 1. The number of amides is 1. The third-order valence-electron chi connectivity index (χ3n) is 5.31. The summed E-state index contributed by atoms with van der Waals surface area (Å²) in [4.78, 5) is 15.1. The first kappa shape index (κ1) is 18.5. The number of hydrogen-bond acceptors (Lipinski definition) is 6. The number of rotatable bonds is 3. The van der Waals surface area contributed by atoms with Gasteiger partial charge in [-0.05, 0) is 37.5 Å². The number of benzene rings is 1. The number of hydrogen-bond donors (Lipinski definition) is 0. The van der Waals surface area contributed by atoms with E-state index in [0.29, 0.717) is 43.3 Å². The highest BCUT2D eigenvalue weighted by atomic mass is 19.1. The Labute approximate surface area is 161 Å². The average molecular weight is 389 g/mol. The van der Waals surface area contributed by atoms with Gasteiger partial charge >= 0.3 is 6.01 Å². The zero-order valence-electron chi connectivity index (χ0n) is 15.7. The Hall–Kier alpha value is -2.84. The molecule has 0 bridgehead atoms. The lowest BCUT2D eigenvalue weighted by Crippen LogP contribution is -2.45. The van der Waals surface area contributed by atoms with Crippen molar-refractivity contribution in [2.24, 2.45) is 11.0 Å². The number of anilines is 1. The zero-order valence-corrected chi connectivity index (χ0v) is 15.7. The highest BCUT2D eigenvalue weighted by Crippen LogP contribution is 2.34. The van der Waals surface area contributed by atoms with Gasteiger partial charge < -0.3 is 9.32 Å². The van der Waals surface area contributed by atoms with E-state index >= 15 is 0 Å². The zero-order chi connectivity index (χ0) is 19.8. The van der Waals surface area contributed by atoms with E-state index in [0.717, 1.165) is 6.07 Å². The van der Waals surface area contributed by atoms with Crippen molar-refractivity contribution in [1.29, 1.82) is 0 Å². The predicted molar refractivity (Wildman–Crippen MR) is 97.6 cm³/mol. The van der Waals surface area contributed by atoms with Crippen LogP contribution in [0.25, 0.3) is 0 Å². The molecule has 2 aliphatic heterocycles. The van der Waals surface area contributed by atoms with Crippen LogP contribution >= 0.6 is 0 Å². The molecule has 1 saturated heterocycles. The molecular formula is C19H21F2N5O2. The minimum atomic E-state index is -0.661. The summed E-state index contributed by atoms with van der Waals surface area (Å²) >= 11 is 0. The van der Waals surface area contributed by atoms with Gasteiger partial charge in [0.25, 0.3) is 0 Å². The van der Waals surface area contributed by atoms with Crippen molar-refractivity contribution in [3.05, 3.63) is 41.3 Å². The number of halogens is 2. The van der Waals surface area contributed by atoms with E-state index in [1.54, 1.807) is 13.1 Å². The largest absolute Gasteiger partial charge is 0.408 e. The molecule has 0 aliphatic carbocycles. The van der Waals surface area contributed by atoms with Crippen LogP contribution in [0.5, 0.6) is 0 Å². The molecule has 3 heterocycles. The summed E-state index contributed by atoms with van der Waals surface area (Å²) in [5.41, 5.74) is 0.412. The maximum atomic E-state index is 13.6. The minimum absolute atomic E-state index is 0.0409. The summed E-state index contributed by atoms with van der Waals surface area (Å²) in [5.74, 6) is -1.18. The van der Waals surface area contributed by atoms with Crippen LogP contribution in [0.15, 0.2) is 27.7 Å². The van der Waals surface area contributed by atoms with Crippen molar-refractivity contribution >= 4 is 18.1 Å². The van der Waals surface area contributed by atoms with Crippen LogP contribution in [0.3, 0.4) is 0 Å². The number of aryl methyl sites for hydroxylation is 1.